The Kier molecular flexibility index (Phi) is 4.89. The number of sulfonamides is 1. The molecule has 0 saturated carbocycles. The van der Waals surface area contributed by atoms with Crippen molar-refractivity contribution < 1.29 is 13.2 Å². The van der Waals surface area contributed by atoms with Crippen LogP contribution in [0.3, 0.4) is 0 Å². The van der Waals surface area contributed by atoms with E-state index in [0.717, 1.165) is 30.8 Å². The lowest BCUT2D eigenvalue weighted by molar-refractivity contribution is 0.0743. The number of fused-ring (bicyclic) bond motifs is 1. The number of para-hydroxylation sites is 1. The molecule has 2 aromatic rings. The van der Waals surface area contributed by atoms with Crippen LogP contribution in [0.1, 0.15) is 29.3 Å². The third-order valence-electron chi connectivity index (χ3n) is 5.68. The van der Waals surface area contributed by atoms with E-state index in [2.05, 4.69) is 5.32 Å². The molecule has 2 aliphatic rings. The van der Waals surface area contributed by atoms with Gasteiger partial charge in [-0.1, -0.05) is 24.3 Å². The maximum Gasteiger partial charge on any atom is 0.264 e. The summed E-state index contributed by atoms with van der Waals surface area (Å²) in [6, 6.07) is 14.0. The fraction of sp³-hybridized carbons (Fsp3) is 0.381. The summed E-state index contributed by atoms with van der Waals surface area (Å²) in [6.45, 7) is 3.57. The number of nitrogens with one attached hydrogen (secondary N) is 1. The van der Waals surface area contributed by atoms with E-state index in [0.29, 0.717) is 12.0 Å². The van der Waals surface area contributed by atoms with Gasteiger partial charge in [0.2, 0.25) is 0 Å². The quantitative estimate of drug-likeness (QED) is 0.856. The van der Waals surface area contributed by atoms with Crippen LogP contribution in [-0.4, -0.2) is 51.4 Å². The van der Waals surface area contributed by atoms with Crippen LogP contribution >= 0.6 is 0 Å². The number of hydrogen-bond acceptors (Lipinski definition) is 4. The van der Waals surface area contributed by atoms with Crippen molar-refractivity contribution in [2.24, 2.45) is 0 Å². The molecule has 1 saturated heterocycles. The van der Waals surface area contributed by atoms with E-state index in [1.54, 1.807) is 30.1 Å². The number of nitrogens with zero attached hydrogens (tertiary/aromatic N) is 2. The van der Waals surface area contributed by atoms with Gasteiger partial charge in [0.25, 0.3) is 15.9 Å². The van der Waals surface area contributed by atoms with E-state index in [-0.39, 0.29) is 22.9 Å². The van der Waals surface area contributed by atoms with Crippen LogP contribution in [0.15, 0.2) is 53.4 Å². The Morgan fingerprint density at radius 1 is 1.18 bits per heavy atom. The molecule has 2 aliphatic heterocycles. The molecular formula is C21H25N3O3S. The number of anilines is 1. The van der Waals surface area contributed by atoms with Gasteiger partial charge in [0, 0.05) is 31.2 Å². The third kappa shape index (κ3) is 3.18. The summed E-state index contributed by atoms with van der Waals surface area (Å²) in [5.74, 6) is -0.152. The molecule has 0 bridgehead atoms. The van der Waals surface area contributed by atoms with Crippen LogP contribution in [0.5, 0.6) is 0 Å². The van der Waals surface area contributed by atoms with Gasteiger partial charge < -0.3 is 10.2 Å². The average Bonchev–Trinajstić information content (AvgIpc) is 3.34. The highest BCUT2D eigenvalue weighted by Gasteiger charge is 2.36. The van der Waals surface area contributed by atoms with Gasteiger partial charge in [0.1, 0.15) is 0 Å². The zero-order valence-corrected chi connectivity index (χ0v) is 16.9. The molecule has 2 heterocycles. The number of amides is 1. The second kappa shape index (κ2) is 7.22. The summed E-state index contributed by atoms with van der Waals surface area (Å²) in [6.07, 6.45) is 1.59. The molecule has 148 valence electrons. The molecule has 0 aromatic heterocycles. The van der Waals surface area contributed by atoms with E-state index in [9.17, 15) is 13.2 Å². The zero-order chi connectivity index (χ0) is 19.9. The largest absolute Gasteiger partial charge is 0.337 e. The summed E-state index contributed by atoms with van der Waals surface area (Å²) >= 11 is 0. The number of carbonyl (C=O) groups is 1. The van der Waals surface area contributed by atoms with Crippen molar-refractivity contribution in [3.8, 4) is 0 Å². The van der Waals surface area contributed by atoms with Gasteiger partial charge in [-0.2, -0.15) is 0 Å². The lowest BCUT2D eigenvalue weighted by atomic mass is 10.1. The second-order valence-corrected chi connectivity index (χ2v) is 9.39. The lowest BCUT2D eigenvalue weighted by Gasteiger charge is -2.26. The standard InChI is InChI=1S/C21H25N3O3S/c1-15-12-16-6-3-4-9-20(16)24(15)28(26,27)19-8-5-7-17(13-19)21(25)23(2)18-10-11-22-14-18/h3-9,13,15,18,22H,10-12,14H2,1-2H3. The molecule has 4 rings (SSSR count). The monoisotopic (exact) mass is 399 g/mol. The Balaban J connectivity index is 1.66. The van der Waals surface area contributed by atoms with Crippen LogP contribution in [0.2, 0.25) is 0 Å². The van der Waals surface area contributed by atoms with Crippen molar-refractivity contribution in [1.29, 1.82) is 0 Å². The Morgan fingerprint density at radius 2 is 1.96 bits per heavy atom. The SMILES string of the molecule is CC1Cc2ccccc2N1S(=O)(=O)c1cccc(C(=O)N(C)C2CCNC2)c1. The Hall–Kier alpha value is -2.38. The number of rotatable bonds is 4. The van der Waals surface area contributed by atoms with Crippen molar-refractivity contribution >= 4 is 21.6 Å². The van der Waals surface area contributed by atoms with Crippen molar-refractivity contribution in [3.05, 3.63) is 59.7 Å². The number of carbonyl (C=O) groups excluding carboxylic acids is 1. The minimum atomic E-state index is -3.75. The maximum absolute atomic E-state index is 13.4. The smallest absolute Gasteiger partial charge is 0.264 e. The predicted molar refractivity (Wildman–Crippen MR) is 109 cm³/mol. The van der Waals surface area contributed by atoms with Crippen molar-refractivity contribution in [1.82, 2.24) is 10.2 Å². The topological polar surface area (TPSA) is 69.7 Å². The molecule has 0 radical (unpaired) electrons. The Morgan fingerprint density at radius 3 is 2.71 bits per heavy atom. The third-order valence-corrected chi connectivity index (χ3v) is 7.61. The second-order valence-electron chi connectivity index (χ2n) is 7.57. The maximum atomic E-state index is 13.4. The molecule has 1 amide bonds. The van der Waals surface area contributed by atoms with Gasteiger partial charge in [0.05, 0.1) is 10.6 Å². The van der Waals surface area contributed by atoms with Crippen molar-refractivity contribution in [3.63, 3.8) is 0 Å². The fourth-order valence-corrected chi connectivity index (χ4v) is 5.88. The van der Waals surface area contributed by atoms with Gasteiger partial charge in [-0.15, -0.1) is 0 Å². The Labute approximate surface area is 166 Å². The molecule has 0 spiro atoms. The average molecular weight is 400 g/mol. The van der Waals surface area contributed by atoms with Gasteiger partial charge >= 0.3 is 0 Å². The van der Waals surface area contributed by atoms with Crippen LogP contribution in [0.4, 0.5) is 5.69 Å². The van der Waals surface area contributed by atoms with E-state index in [4.69, 9.17) is 0 Å². The van der Waals surface area contributed by atoms with Crippen LogP contribution in [0.25, 0.3) is 0 Å². The van der Waals surface area contributed by atoms with E-state index in [1.807, 2.05) is 31.2 Å². The minimum Gasteiger partial charge on any atom is -0.337 e. The molecule has 1 fully saturated rings. The number of hydrogen-bond donors (Lipinski definition) is 1. The lowest BCUT2D eigenvalue weighted by Crippen LogP contribution is -2.38. The summed E-state index contributed by atoms with van der Waals surface area (Å²) in [7, 11) is -1.97. The first-order valence-electron chi connectivity index (χ1n) is 9.60. The normalized spacial score (nSPS) is 21.6. The molecule has 28 heavy (non-hydrogen) atoms. The molecule has 2 atom stereocenters. The van der Waals surface area contributed by atoms with Gasteiger partial charge in [-0.05, 0) is 56.1 Å². The highest BCUT2D eigenvalue weighted by atomic mass is 32.2. The molecule has 6 nitrogen and oxygen atoms in total. The van der Waals surface area contributed by atoms with Crippen molar-refractivity contribution in [2.75, 3.05) is 24.4 Å². The van der Waals surface area contributed by atoms with Gasteiger partial charge in [-0.3, -0.25) is 9.10 Å². The van der Waals surface area contributed by atoms with Gasteiger partial charge in [-0.25, -0.2) is 8.42 Å². The molecule has 7 heteroatoms. The highest BCUT2D eigenvalue weighted by Crippen LogP contribution is 2.36. The fourth-order valence-electron chi connectivity index (χ4n) is 4.15. The van der Waals surface area contributed by atoms with Gasteiger partial charge in [0.15, 0.2) is 0 Å². The molecule has 1 N–H and O–H groups in total. The first-order chi connectivity index (χ1) is 13.4. The molecular weight excluding hydrogens is 374 g/mol. The molecule has 2 unspecified atom stereocenters. The van der Waals surface area contributed by atoms with E-state index < -0.39 is 10.0 Å². The van der Waals surface area contributed by atoms with Crippen LogP contribution in [0, 0.1) is 0 Å². The Bertz CT molecular complexity index is 999. The van der Waals surface area contributed by atoms with Crippen LogP contribution in [-0.2, 0) is 16.4 Å². The first-order valence-corrected chi connectivity index (χ1v) is 11.0. The number of benzene rings is 2. The number of likely N-dealkylation sites (N-methyl/N-ethyl adjacent to an activating group) is 1. The summed E-state index contributed by atoms with van der Waals surface area (Å²) in [5, 5.41) is 3.25. The summed E-state index contributed by atoms with van der Waals surface area (Å²) in [4.78, 5) is 14.7. The summed E-state index contributed by atoms with van der Waals surface area (Å²) in [5.41, 5.74) is 2.15. The van der Waals surface area contributed by atoms with E-state index in [1.165, 1.54) is 10.4 Å². The molecule has 2 aromatic carbocycles. The first kappa shape index (κ1) is 19.0. The summed E-state index contributed by atoms with van der Waals surface area (Å²) < 4.78 is 28.3. The molecule has 0 aliphatic carbocycles. The van der Waals surface area contributed by atoms with E-state index >= 15 is 0 Å². The predicted octanol–water partition coefficient (Wildman–Crippen LogP) is 2.26. The minimum absolute atomic E-state index is 0.137. The van der Waals surface area contributed by atoms with Crippen LogP contribution < -0.4 is 9.62 Å². The van der Waals surface area contributed by atoms with Crippen molar-refractivity contribution in [2.45, 2.75) is 36.7 Å². The zero-order valence-electron chi connectivity index (χ0n) is 16.1. The highest BCUT2D eigenvalue weighted by molar-refractivity contribution is 7.92.